The molecule has 2 heterocycles. The van der Waals surface area contributed by atoms with E-state index in [9.17, 15) is 22.8 Å². The second-order valence-electron chi connectivity index (χ2n) is 8.92. The molecule has 0 aliphatic carbocycles. The standard InChI is InChI=1S/C26H26ClN5O7S/c1-14-22(16(3)39-29-14)26(35)38-17(4)24(33)28-18-11-12-20(27)21(13-18)40(36,37)30-23-15(2)31(5)32(25(23)34)19-9-7-6-8-10-19/h6-13,17,30H,1-5H3,(H,28,33)/t17-/m0/s1. The van der Waals surface area contributed by atoms with Gasteiger partial charge in [0, 0.05) is 12.7 Å². The number of nitrogens with zero attached hydrogens (tertiary/aromatic N) is 3. The van der Waals surface area contributed by atoms with Crippen molar-refractivity contribution in [2.45, 2.75) is 38.7 Å². The summed E-state index contributed by atoms with van der Waals surface area (Å²) < 4.78 is 42.1. The van der Waals surface area contributed by atoms with Crippen LogP contribution < -0.4 is 15.6 Å². The van der Waals surface area contributed by atoms with E-state index in [0.717, 1.165) is 6.07 Å². The van der Waals surface area contributed by atoms with Gasteiger partial charge in [-0.3, -0.25) is 19.0 Å². The highest BCUT2D eigenvalue weighted by Crippen LogP contribution is 2.28. The molecule has 0 saturated carbocycles. The van der Waals surface area contributed by atoms with Crippen molar-refractivity contribution in [3.05, 3.63) is 86.6 Å². The van der Waals surface area contributed by atoms with Crippen molar-refractivity contribution in [3.63, 3.8) is 0 Å². The first kappa shape index (κ1) is 28.6. The molecule has 2 N–H and O–H groups in total. The number of carbonyl (C=O) groups excluding carboxylic acids is 2. The lowest BCUT2D eigenvalue weighted by atomic mass is 10.2. The van der Waals surface area contributed by atoms with Gasteiger partial charge in [-0.15, -0.1) is 0 Å². The number of anilines is 2. The molecule has 4 rings (SSSR count). The maximum absolute atomic E-state index is 13.3. The van der Waals surface area contributed by atoms with E-state index in [4.69, 9.17) is 20.9 Å². The summed E-state index contributed by atoms with van der Waals surface area (Å²) in [5, 5.41) is 6.05. The highest BCUT2D eigenvalue weighted by molar-refractivity contribution is 7.92. The highest BCUT2D eigenvalue weighted by atomic mass is 35.5. The summed E-state index contributed by atoms with van der Waals surface area (Å²) >= 11 is 6.21. The third-order valence-electron chi connectivity index (χ3n) is 6.17. The number of ether oxygens (including phenoxy) is 1. The van der Waals surface area contributed by atoms with Crippen LogP contribution in [0.3, 0.4) is 0 Å². The molecule has 2 aromatic heterocycles. The van der Waals surface area contributed by atoms with Crippen LogP contribution in [-0.4, -0.2) is 40.9 Å². The average Bonchev–Trinajstić information content (AvgIpc) is 3.35. The predicted octanol–water partition coefficient (Wildman–Crippen LogP) is 3.73. The minimum Gasteiger partial charge on any atom is -0.449 e. The fourth-order valence-electron chi connectivity index (χ4n) is 3.95. The van der Waals surface area contributed by atoms with Gasteiger partial charge in [-0.25, -0.2) is 17.9 Å². The third-order valence-corrected chi connectivity index (χ3v) is 8.00. The molecule has 12 nitrogen and oxygen atoms in total. The van der Waals surface area contributed by atoms with Crippen LogP contribution in [0.5, 0.6) is 0 Å². The summed E-state index contributed by atoms with van der Waals surface area (Å²) in [6, 6.07) is 12.6. The van der Waals surface area contributed by atoms with E-state index in [1.54, 1.807) is 58.2 Å². The number of nitrogens with one attached hydrogen (secondary N) is 2. The van der Waals surface area contributed by atoms with Gasteiger partial charge in [0.15, 0.2) is 6.10 Å². The number of carbonyl (C=O) groups is 2. The van der Waals surface area contributed by atoms with Crippen molar-refractivity contribution in [2.24, 2.45) is 7.05 Å². The molecule has 4 aromatic rings. The summed E-state index contributed by atoms with van der Waals surface area (Å²) in [4.78, 5) is 38.0. The number of hydrogen-bond donors (Lipinski definition) is 2. The Morgan fingerprint density at radius 3 is 2.40 bits per heavy atom. The normalized spacial score (nSPS) is 12.2. The number of sulfonamides is 1. The van der Waals surface area contributed by atoms with Gasteiger partial charge in [-0.2, -0.15) is 0 Å². The Balaban J connectivity index is 1.56. The largest absolute Gasteiger partial charge is 0.449 e. The Hall–Kier alpha value is -4.36. The summed E-state index contributed by atoms with van der Waals surface area (Å²) in [7, 11) is -2.74. The molecule has 2 aromatic carbocycles. The lowest BCUT2D eigenvalue weighted by Crippen LogP contribution is -2.30. The second-order valence-corrected chi connectivity index (χ2v) is 11.0. The maximum Gasteiger partial charge on any atom is 0.344 e. The molecule has 40 heavy (non-hydrogen) atoms. The lowest BCUT2D eigenvalue weighted by molar-refractivity contribution is -0.123. The molecule has 0 bridgehead atoms. The Morgan fingerprint density at radius 1 is 1.10 bits per heavy atom. The van der Waals surface area contributed by atoms with E-state index in [1.165, 1.54) is 28.4 Å². The van der Waals surface area contributed by atoms with Gasteiger partial charge in [-0.05, 0) is 58.0 Å². The molecular weight excluding hydrogens is 562 g/mol. The summed E-state index contributed by atoms with van der Waals surface area (Å²) in [5.41, 5.74) is 0.692. The lowest BCUT2D eigenvalue weighted by Gasteiger charge is -2.15. The molecular formula is C26H26ClN5O7S. The summed E-state index contributed by atoms with van der Waals surface area (Å²) in [6.45, 7) is 6.06. The predicted molar refractivity (Wildman–Crippen MR) is 147 cm³/mol. The molecule has 0 fully saturated rings. The number of halogens is 1. The zero-order chi connectivity index (χ0) is 29.4. The average molecular weight is 588 g/mol. The smallest absolute Gasteiger partial charge is 0.344 e. The number of aromatic nitrogens is 3. The van der Waals surface area contributed by atoms with Crippen LogP contribution >= 0.6 is 11.6 Å². The zero-order valence-corrected chi connectivity index (χ0v) is 23.8. The molecule has 0 radical (unpaired) electrons. The molecule has 14 heteroatoms. The van der Waals surface area contributed by atoms with Crippen molar-refractivity contribution in [2.75, 3.05) is 10.0 Å². The van der Waals surface area contributed by atoms with Crippen LogP contribution in [0.1, 0.15) is 34.4 Å². The molecule has 0 spiro atoms. The van der Waals surface area contributed by atoms with Gasteiger partial charge < -0.3 is 14.6 Å². The quantitative estimate of drug-likeness (QED) is 0.296. The van der Waals surface area contributed by atoms with E-state index in [2.05, 4.69) is 15.2 Å². The molecule has 0 unspecified atom stereocenters. The van der Waals surface area contributed by atoms with Crippen LogP contribution in [-0.2, 0) is 26.6 Å². The third kappa shape index (κ3) is 5.51. The topological polar surface area (TPSA) is 155 Å². The Labute approximate surface area is 234 Å². The number of benzene rings is 2. The molecule has 0 saturated heterocycles. The number of amides is 1. The Kier molecular flexibility index (Phi) is 7.89. The van der Waals surface area contributed by atoms with Crippen LogP contribution in [0.2, 0.25) is 5.02 Å². The minimum absolute atomic E-state index is 0.0708. The van der Waals surface area contributed by atoms with E-state index in [0.29, 0.717) is 17.1 Å². The van der Waals surface area contributed by atoms with Crippen molar-refractivity contribution in [1.82, 2.24) is 14.5 Å². The first-order chi connectivity index (χ1) is 18.8. The maximum atomic E-state index is 13.3. The fraction of sp³-hybridized carbons (Fsp3) is 0.231. The monoisotopic (exact) mass is 587 g/mol. The molecule has 1 amide bonds. The summed E-state index contributed by atoms with van der Waals surface area (Å²) in [6.07, 6.45) is -1.24. The molecule has 0 aliphatic heterocycles. The molecule has 1 atom stereocenters. The number of rotatable bonds is 8. The second kappa shape index (κ2) is 11.0. The fourth-order valence-corrected chi connectivity index (χ4v) is 5.60. The van der Waals surface area contributed by atoms with Gasteiger partial charge >= 0.3 is 5.97 Å². The van der Waals surface area contributed by atoms with Crippen LogP contribution in [0, 0.1) is 20.8 Å². The van der Waals surface area contributed by atoms with E-state index in [1.807, 2.05) is 0 Å². The first-order valence-electron chi connectivity index (χ1n) is 11.9. The first-order valence-corrected chi connectivity index (χ1v) is 13.8. The number of hydrogen-bond acceptors (Lipinski definition) is 8. The SMILES string of the molecule is Cc1noc(C)c1C(=O)O[C@@H](C)C(=O)Nc1ccc(Cl)c(S(=O)(=O)Nc2c(C)n(C)n(-c3ccccc3)c2=O)c1. The van der Waals surface area contributed by atoms with Crippen LogP contribution in [0.25, 0.3) is 5.69 Å². The van der Waals surface area contributed by atoms with Crippen molar-refractivity contribution in [3.8, 4) is 5.69 Å². The van der Waals surface area contributed by atoms with Gasteiger partial charge in [0.25, 0.3) is 21.5 Å². The van der Waals surface area contributed by atoms with Crippen molar-refractivity contribution < 1.29 is 27.3 Å². The highest BCUT2D eigenvalue weighted by Gasteiger charge is 2.27. The van der Waals surface area contributed by atoms with Gasteiger partial charge in [0.2, 0.25) is 0 Å². The van der Waals surface area contributed by atoms with Crippen LogP contribution in [0.4, 0.5) is 11.4 Å². The van der Waals surface area contributed by atoms with Gasteiger partial charge in [0.1, 0.15) is 21.9 Å². The van der Waals surface area contributed by atoms with Crippen molar-refractivity contribution >= 4 is 44.9 Å². The number of esters is 1. The molecule has 0 aliphatic rings. The Bertz CT molecular complexity index is 1760. The van der Waals surface area contributed by atoms with Gasteiger partial charge in [-0.1, -0.05) is 35.0 Å². The van der Waals surface area contributed by atoms with Gasteiger partial charge in [0.05, 0.1) is 22.1 Å². The van der Waals surface area contributed by atoms with E-state index < -0.39 is 33.6 Å². The number of aryl methyl sites for hydroxylation is 2. The molecule has 210 valence electrons. The minimum atomic E-state index is -4.37. The van der Waals surface area contributed by atoms with E-state index in [-0.39, 0.29) is 32.6 Å². The Morgan fingerprint density at radius 2 is 1.77 bits per heavy atom. The van der Waals surface area contributed by atoms with Crippen LogP contribution in [0.15, 0.2) is 62.7 Å². The summed E-state index contributed by atoms with van der Waals surface area (Å²) in [5.74, 6) is -1.26. The van der Waals surface area contributed by atoms with E-state index >= 15 is 0 Å². The zero-order valence-electron chi connectivity index (χ0n) is 22.2. The van der Waals surface area contributed by atoms with Crippen molar-refractivity contribution in [1.29, 1.82) is 0 Å². The number of para-hydroxylation sites is 1.